The summed E-state index contributed by atoms with van der Waals surface area (Å²) in [6.07, 6.45) is 8.33. The van der Waals surface area contributed by atoms with Crippen molar-refractivity contribution < 1.29 is 4.79 Å². The summed E-state index contributed by atoms with van der Waals surface area (Å²) in [5, 5.41) is 7.37. The van der Waals surface area contributed by atoms with Crippen molar-refractivity contribution in [1.82, 2.24) is 19.7 Å². The lowest BCUT2D eigenvalue weighted by atomic mass is 10.1. The van der Waals surface area contributed by atoms with E-state index in [-0.39, 0.29) is 5.91 Å². The second kappa shape index (κ2) is 5.26. The molecule has 2 aromatic rings. The molecule has 2 aliphatic rings. The number of piperidine rings is 1. The minimum Gasteiger partial charge on any atom is -0.335 e. The molecule has 0 radical (unpaired) electrons. The van der Waals surface area contributed by atoms with Crippen LogP contribution in [-0.2, 0) is 0 Å². The van der Waals surface area contributed by atoms with Crippen molar-refractivity contribution in [2.24, 2.45) is 0 Å². The Bertz CT molecular complexity index is 632. The fraction of sp³-hybridized carbons (Fsp3) is 0.533. The van der Waals surface area contributed by atoms with Crippen LogP contribution in [0.3, 0.4) is 0 Å². The van der Waals surface area contributed by atoms with Crippen molar-refractivity contribution in [2.75, 3.05) is 13.1 Å². The summed E-state index contributed by atoms with van der Waals surface area (Å²) in [4.78, 5) is 19.1. The van der Waals surface area contributed by atoms with Gasteiger partial charge in [-0.15, -0.1) is 11.3 Å². The van der Waals surface area contributed by atoms with Crippen LogP contribution in [0.2, 0.25) is 0 Å². The molecule has 0 spiro atoms. The Morgan fingerprint density at radius 1 is 1.33 bits per heavy atom. The Morgan fingerprint density at radius 2 is 2.24 bits per heavy atom. The van der Waals surface area contributed by atoms with E-state index < -0.39 is 0 Å². The van der Waals surface area contributed by atoms with E-state index >= 15 is 0 Å². The molecule has 0 unspecified atom stereocenters. The number of thiazole rings is 1. The Balaban J connectivity index is 1.47. The first-order valence-corrected chi connectivity index (χ1v) is 8.43. The van der Waals surface area contributed by atoms with Gasteiger partial charge in [0.25, 0.3) is 5.91 Å². The molecule has 1 aliphatic heterocycles. The maximum atomic E-state index is 12.6. The van der Waals surface area contributed by atoms with Gasteiger partial charge in [0, 0.05) is 36.8 Å². The summed E-state index contributed by atoms with van der Waals surface area (Å²) in [6, 6.07) is 2.22. The van der Waals surface area contributed by atoms with Crippen LogP contribution >= 0.6 is 11.3 Å². The number of rotatable bonds is 3. The average molecular weight is 302 g/mol. The van der Waals surface area contributed by atoms with Crippen molar-refractivity contribution in [3.05, 3.63) is 34.5 Å². The Morgan fingerprint density at radius 3 is 3.00 bits per heavy atom. The minimum atomic E-state index is 0.0787. The fourth-order valence-corrected chi connectivity index (χ4v) is 3.88. The third-order valence-electron chi connectivity index (χ3n) is 4.25. The maximum absolute atomic E-state index is 12.6. The molecular formula is C15H18N4OS. The van der Waals surface area contributed by atoms with Gasteiger partial charge >= 0.3 is 0 Å². The second-order valence-corrected chi connectivity index (χ2v) is 6.77. The third kappa shape index (κ3) is 2.60. The maximum Gasteiger partial charge on any atom is 0.273 e. The largest absolute Gasteiger partial charge is 0.335 e. The van der Waals surface area contributed by atoms with Crippen molar-refractivity contribution in [3.63, 3.8) is 0 Å². The summed E-state index contributed by atoms with van der Waals surface area (Å²) in [6.45, 7) is 1.56. The Kier molecular flexibility index (Phi) is 3.25. The summed E-state index contributed by atoms with van der Waals surface area (Å²) in [5.74, 6) is 0.699. The average Bonchev–Trinajstić information content (AvgIpc) is 3.05. The van der Waals surface area contributed by atoms with Crippen LogP contribution < -0.4 is 0 Å². The molecule has 0 aromatic carbocycles. The molecule has 0 N–H and O–H groups in total. The number of likely N-dealkylation sites (tertiary alicyclic amines) is 1. The summed E-state index contributed by atoms with van der Waals surface area (Å²) in [5.41, 5.74) is 0.628. The van der Waals surface area contributed by atoms with Crippen molar-refractivity contribution in [2.45, 2.75) is 37.6 Å². The molecule has 1 saturated carbocycles. The van der Waals surface area contributed by atoms with E-state index in [1.807, 2.05) is 27.2 Å². The molecule has 1 aliphatic carbocycles. The molecule has 1 saturated heterocycles. The molecule has 110 valence electrons. The van der Waals surface area contributed by atoms with Gasteiger partial charge in [0.05, 0.1) is 11.0 Å². The highest BCUT2D eigenvalue weighted by molar-refractivity contribution is 7.10. The highest BCUT2D eigenvalue weighted by Crippen LogP contribution is 2.41. The molecule has 2 fully saturated rings. The van der Waals surface area contributed by atoms with Gasteiger partial charge in [-0.2, -0.15) is 5.10 Å². The number of hydrogen-bond acceptors (Lipinski definition) is 4. The standard InChI is InChI=1S/C15H18N4OS/c20-15(13-10-21-14(17-13)11-4-5-11)18-7-1-3-12(9-18)19-8-2-6-16-19/h2,6,8,10-12H,1,3-5,7,9H2/t12-/m0/s1. The predicted octanol–water partition coefficient (Wildman–Crippen LogP) is 2.69. The first-order chi connectivity index (χ1) is 10.3. The van der Waals surface area contributed by atoms with Crippen LogP contribution in [0.15, 0.2) is 23.8 Å². The monoisotopic (exact) mass is 302 g/mol. The fourth-order valence-electron chi connectivity index (χ4n) is 2.92. The van der Waals surface area contributed by atoms with Crippen molar-refractivity contribution in [1.29, 1.82) is 0 Å². The number of amides is 1. The third-order valence-corrected chi connectivity index (χ3v) is 5.26. The van der Waals surface area contributed by atoms with Crippen molar-refractivity contribution in [3.8, 4) is 0 Å². The molecule has 6 heteroatoms. The van der Waals surface area contributed by atoms with E-state index in [2.05, 4.69) is 10.1 Å². The van der Waals surface area contributed by atoms with Crippen LogP contribution in [0.4, 0.5) is 0 Å². The summed E-state index contributed by atoms with van der Waals surface area (Å²) < 4.78 is 1.97. The number of hydrogen-bond donors (Lipinski definition) is 0. The minimum absolute atomic E-state index is 0.0787. The van der Waals surface area contributed by atoms with E-state index in [1.165, 1.54) is 12.8 Å². The van der Waals surface area contributed by atoms with Crippen LogP contribution in [0.1, 0.15) is 53.1 Å². The van der Waals surface area contributed by atoms with E-state index in [4.69, 9.17) is 0 Å². The van der Waals surface area contributed by atoms with E-state index in [1.54, 1.807) is 17.5 Å². The van der Waals surface area contributed by atoms with Gasteiger partial charge in [-0.1, -0.05) is 0 Å². The number of aromatic nitrogens is 3. The number of carbonyl (C=O) groups is 1. The highest BCUT2D eigenvalue weighted by Gasteiger charge is 2.30. The Hall–Kier alpha value is -1.69. The molecule has 1 atom stereocenters. The van der Waals surface area contributed by atoms with Crippen LogP contribution in [0.25, 0.3) is 0 Å². The highest BCUT2D eigenvalue weighted by atomic mass is 32.1. The van der Waals surface area contributed by atoms with E-state index in [9.17, 15) is 4.79 Å². The van der Waals surface area contributed by atoms with Crippen LogP contribution in [0.5, 0.6) is 0 Å². The SMILES string of the molecule is O=C(c1csc(C2CC2)n1)N1CCC[C@H](n2cccn2)C1. The predicted molar refractivity (Wildman–Crippen MR) is 80.5 cm³/mol. The molecule has 0 bridgehead atoms. The van der Waals surface area contributed by atoms with E-state index in [0.717, 1.165) is 30.9 Å². The normalized spacial score (nSPS) is 22.5. The first kappa shape index (κ1) is 13.0. The zero-order chi connectivity index (χ0) is 14.2. The van der Waals surface area contributed by atoms with Gasteiger partial charge in [0.2, 0.25) is 0 Å². The van der Waals surface area contributed by atoms with Crippen LogP contribution in [0, 0.1) is 0 Å². The molecule has 1 amide bonds. The molecule has 21 heavy (non-hydrogen) atoms. The number of nitrogens with zero attached hydrogens (tertiary/aromatic N) is 4. The van der Waals surface area contributed by atoms with Gasteiger partial charge < -0.3 is 4.90 Å². The van der Waals surface area contributed by atoms with Crippen LogP contribution in [-0.4, -0.2) is 38.7 Å². The topological polar surface area (TPSA) is 51.0 Å². The second-order valence-electron chi connectivity index (χ2n) is 5.88. The smallest absolute Gasteiger partial charge is 0.273 e. The summed E-state index contributed by atoms with van der Waals surface area (Å²) in [7, 11) is 0. The molecule has 5 nitrogen and oxygen atoms in total. The van der Waals surface area contributed by atoms with E-state index in [0.29, 0.717) is 17.7 Å². The lowest BCUT2D eigenvalue weighted by molar-refractivity contribution is 0.0667. The van der Waals surface area contributed by atoms with Gasteiger partial charge in [0.15, 0.2) is 0 Å². The molecule has 2 aromatic heterocycles. The van der Waals surface area contributed by atoms with Gasteiger partial charge in [-0.05, 0) is 31.7 Å². The molecule has 4 rings (SSSR count). The number of carbonyl (C=O) groups excluding carboxylic acids is 1. The lowest BCUT2D eigenvalue weighted by Crippen LogP contribution is -2.41. The molecular weight excluding hydrogens is 284 g/mol. The Labute approximate surface area is 127 Å². The zero-order valence-corrected chi connectivity index (χ0v) is 12.6. The first-order valence-electron chi connectivity index (χ1n) is 7.55. The van der Waals surface area contributed by atoms with Gasteiger partial charge in [-0.3, -0.25) is 9.48 Å². The van der Waals surface area contributed by atoms with Gasteiger partial charge in [-0.25, -0.2) is 4.98 Å². The van der Waals surface area contributed by atoms with Gasteiger partial charge in [0.1, 0.15) is 5.69 Å². The summed E-state index contributed by atoms with van der Waals surface area (Å²) >= 11 is 1.63. The molecule has 3 heterocycles. The quantitative estimate of drug-likeness (QED) is 0.876. The zero-order valence-electron chi connectivity index (χ0n) is 11.8. The van der Waals surface area contributed by atoms with Crippen molar-refractivity contribution >= 4 is 17.2 Å². The lowest BCUT2D eigenvalue weighted by Gasteiger charge is -2.32.